The number of benzene rings is 1. The summed E-state index contributed by atoms with van der Waals surface area (Å²) in [7, 11) is 1.29. The highest BCUT2D eigenvalue weighted by Gasteiger charge is 2.06. The summed E-state index contributed by atoms with van der Waals surface area (Å²) in [5.41, 5.74) is 0.619. The molecule has 4 nitrogen and oxygen atoms in total. The van der Waals surface area contributed by atoms with Crippen molar-refractivity contribution in [3.8, 4) is 5.75 Å². The van der Waals surface area contributed by atoms with Crippen LogP contribution in [0.4, 0.5) is 0 Å². The molecule has 0 fully saturated rings. The summed E-state index contributed by atoms with van der Waals surface area (Å²) in [6, 6.07) is 5.18. The molecule has 0 aliphatic rings. The molecule has 0 radical (unpaired) electrons. The van der Waals surface area contributed by atoms with Crippen molar-refractivity contribution in [1.29, 1.82) is 0 Å². The van der Waals surface area contributed by atoms with Gasteiger partial charge in [0.15, 0.2) is 6.61 Å². The van der Waals surface area contributed by atoms with E-state index in [9.17, 15) is 4.79 Å². The summed E-state index contributed by atoms with van der Waals surface area (Å²) >= 11 is 3.27. The maximum absolute atomic E-state index is 10.8. The number of carbonyl (C=O) groups is 1. The lowest BCUT2D eigenvalue weighted by atomic mass is 10.2. The van der Waals surface area contributed by atoms with Gasteiger partial charge in [0.25, 0.3) is 0 Å². The van der Waals surface area contributed by atoms with Crippen LogP contribution in [0.25, 0.3) is 0 Å². The molecule has 1 aromatic rings. The Labute approximate surface area is 95.9 Å². The van der Waals surface area contributed by atoms with Crippen molar-refractivity contribution in [3.05, 3.63) is 28.2 Å². The van der Waals surface area contributed by atoms with Gasteiger partial charge in [-0.1, -0.05) is 15.9 Å². The van der Waals surface area contributed by atoms with E-state index in [0.29, 0.717) is 11.3 Å². The average Bonchev–Trinajstić information content (AvgIpc) is 2.26. The number of hydrogen-bond donors (Lipinski definition) is 1. The quantitative estimate of drug-likeness (QED) is 0.846. The van der Waals surface area contributed by atoms with E-state index in [0.717, 1.165) is 4.47 Å². The molecule has 0 aliphatic carbocycles. The molecule has 0 aliphatic heterocycles. The Bertz CT molecular complexity index is 351. The zero-order chi connectivity index (χ0) is 11.3. The standard InChI is InChI=1S/C10H11BrO4/c1-14-10(13)6-15-9-3-2-8(11)4-7(9)5-12/h2-4,12H,5-6H2,1H3. The minimum atomic E-state index is -0.457. The zero-order valence-electron chi connectivity index (χ0n) is 8.20. The Morgan fingerprint density at radius 3 is 2.87 bits per heavy atom. The van der Waals surface area contributed by atoms with Crippen LogP contribution >= 0.6 is 15.9 Å². The Morgan fingerprint density at radius 1 is 1.53 bits per heavy atom. The number of rotatable bonds is 4. The summed E-state index contributed by atoms with van der Waals surface area (Å²) in [5.74, 6) is 0.0212. The number of esters is 1. The van der Waals surface area contributed by atoms with Crippen LogP contribution in [0.5, 0.6) is 5.75 Å². The van der Waals surface area contributed by atoms with Crippen molar-refractivity contribution < 1.29 is 19.4 Å². The van der Waals surface area contributed by atoms with Gasteiger partial charge in [-0.05, 0) is 18.2 Å². The molecule has 1 aromatic carbocycles. The second-order valence-electron chi connectivity index (χ2n) is 2.77. The van der Waals surface area contributed by atoms with E-state index >= 15 is 0 Å². The number of methoxy groups -OCH3 is 1. The summed E-state index contributed by atoms with van der Waals surface area (Å²) < 4.78 is 10.5. The van der Waals surface area contributed by atoms with Gasteiger partial charge < -0.3 is 14.6 Å². The highest BCUT2D eigenvalue weighted by Crippen LogP contribution is 2.23. The van der Waals surface area contributed by atoms with Gasteiger partial charge in [0, 0.05) is 10.0 Å². The molecule has 0 atom stereocenters. The molecule has 0 bridgehead atoms. The van der Waals surface area contributed by atoms with Crippen LogP contribution in [0.2, 0.25) is 0 Å². The minimum Gasteiger partial charge on any atom is -0.482 e. The van der Waals surface area contributed by atoms with Crippen LogP contribution in [0, 0.1) is 0 Å². The molecule has 0 spiro atoms. The van der Waals surface area contributed by atoms with Crippen molar-refractivity contribution in [3.63, 3.8) is 0 Å². The van der Waals surface area contributed by atoms with Crippen molar-refractivity contribution in [2.45, 2.75) is 6.61 Å². The van der Waals surface area contributed by atoms with Crippen LogP contribution in [0.1, 0.15) is 5.56 Å². The molecule has 15 heavy (non-hydrogen) atoms. The molecule has 0 saturated carbocycles. The molecule has 1 N–H and O–H groups in total. The molecule has 0 aromatic heterocycles. The highest BCUT2D eigenvalue weighted by atomic mass is 79.9. The third-order valence-corrected chi connectivity index (χ3v) is 2.26. The van der Waals surface area contributed by atoms with E-state index in [1.54, 1.807) is 18.2 Å². The van der Waals surface area contributed by atoms with Gasteiger partial charge in [0.05, 0.1) is 13.7 Å². The fraction of sp³-hybridized carbons (Fsp3) is 0.300. The van der Waals surface area contributed by atoms with E-state index < -0.39 is 5.97 Å². The van der Waals surface area contributed by atoms with Crippen molar-refractivity contribution in [2.24, 2.45) is 0 Å². The van der Waals surface area contributed by atoms with E-state index in [2.05, 4.69) is 20.7 Å². The number of carbonyl (C=O) groups excluding carboxylic acids is 1. The lowest BCUT2D eigenvalue weighted by Gasteiger charge is -2.09. The van der Waals surface area contributed by atoms with Gasteiger partial charge >= 0.3 is 5.97 Å². The second kappa shape index (κ2) is 5.72. The molecule has 0 saturated heterocycles. The molecule has 1 rings (SSSR count). The minimum absolute atomic E-state index is 0.143. The normalized spacial score (nSPS) is 9.80. The predicted octanol–water partition coefficient (Wildman–Crippen LogP) is 1.49. The summed E-state index contributed by atoms with van der Waals surface area (Å²) in [5, 5.41) is 9.05. The van der Waals surface area contributed by atoms with Crippen LogP contribution in [-0.4, -0.2) is 24.8 Å². The van der Waals surface area contributed by atoms with Crippen LogP contribution < -0.4 is 4.74 Å². The SMILES string of the molecule is COC(=O)COc1ccc(Br)cc1CO. The molecular formula is C10H11BrO4. The summed E-state index contributed by atoms with van der Waals surface area (Å²) in [4.78, 5) is 10.8. The van der Waals surface area contributed by atoms with Gasteiger partial charge in [0.1, 0.15) is 5.75 Å². The fourth-order valence-corrected chi connectivity index (χ4v) is 1.42. The summed E-state index contributed by atoms with van der Waals surface area (Å²) in [6.07, 6.45) is 0. The van der Waals surface area contributed by atoms with Crippen LogP contribution in [-0.2, 0) is 16.1 Å². The van der Waals surface area contributed by atoms with Crippen LogP contribution in [0.15, 0.2) is 22.7 Å². The van der Waals surface area contributed by atoms with Crippen molar-refractivity contribution in [2.75, 3.05) is 13.7 Å². The van der Waals surface area contributed by atoms with Crippen LogP contribution in [0.3, 0.4) is 0 Å². The Hall–Kier alpha value is -1.07. The first kappa shape index (κ1) is 12.0. The smallest absolute Gasteiger partial charge is 0.343 e. The third-order valence-electron chi connectivity index (χ3n) is 1.77. The van der Waals surface area contributed by atoms with Crippen molar-refractivity contribution in [1.82, 2.24) is 0 Å². The predicted molar refractivity (Wildman–Crippen MR) is 57.6 cm³/mol. The Morgan fingerprint density at radius 2 is 2.27 bits per heavy atom. The number of ether oxygens (including phenoxy) is 2. The first-order valence-electron chi connectivity index (χ1n) is 4.26. The summed E-state index contributed by atoms with van der Waals surface area (Å²) in [6.45, 7) is -0.304. The van der Waals surface area contributed by atoms with Gasteiger partial charge in [-0.25, -0.2) is 4.79 Å². The second-order valence-corrected chi connectivity index (χ2v) is 3.69. The van der Waals surface area contributed by atoms with E-state index in [1.165, 1.54) is 7.11 Å². The molecule has 0 amide bonds. The highest BCUT2D eigenvalue weighted by molar-refractivity contribution is 9.10. The average molecular weight is 275 g/mol. The number of aliphatic hydroxyl groups excluding tert-OH is 1. The van der Waals surface area contributed by atoms with Gasteiger partial charge in [-0.15, -0.1) is 0 Å². The molecule has 0 heterocycles. The maximum Gasteiger partial charge on any atom is 0.343 e. The van der Waals surface area contributed by atoms with Gasteiger partial charge in [-0.3, -0.25) is 0 Å². The Kier molecular flexibility index (Phi) is 4.58. The lowest BCUT2D eigenvalue weighted by molar-refractivity contribution is -0.142. The van der Waals surface area contributed by atoms with Gasteiger partial charge in [-0.2, -0.15) is 0 Å². The topological polar surface area (TPSA) is 55.8 Å². The van der Waals surface area contributed by atoms with E-state index in [4.69, 9.17) is 9.84 Å². The fourth-order valence-electron chi connectivity index (χ4n) is 1.01. The Balaban J connectivity index is 2.72. The lowest BCUT2D eigenvalue weighted by Crippen LogP contribution is -2.13. The molecule has 0 unspecified atom stereocenters. The van der Waals surface area contributed by atoms with Gasteiger partial charge in [0.2, 0.25) is 0 Å². The monoisotopic (exact) mass is 274 g/mol. The first-order valence-corrected chi connectivity index (χ1v) is 5.05. The number of halogens is 1. The zero-order valence-corrected chi connectivity index (χ0v) is 9.78. The van der Waals surface area contributed by atoms with Crippen molar-refractivity contribution >= 4 is 21.9 Å². The number of hydrogen-bond acceptors (Lipinski definition) is 4. The van der Waals surface area contributed by atoms with E-state index in [-0.39, 0.29) is 13.2 Å². The molecular weight excluding hydrogens is 264 g/mol. The molecule has 82 valence electrons. The maximum atomic E-state index is 10.8. The number of aliphatic hydroxyl groups is 1. The third kappa shape index (κ3) is 3.53. The first-order chi connectivity index (χ1) is 7.17. The molecule has 5 heteroatoms. The van der Waals surface area contributed by atoms with E-state index in [1.807, 2.05) is 0 Å². The largest absolute Gasteiger partial charge is 0.482 e.